The molecule has 7 heteroatoms. The summed E-state index contributed by atoms with van der Waals surface area (Å²) in [5, 5.41) is 4.14. The fourth-order valence-electron chi connectivity index (χ4n) is 3.87. The van der Waals surface area contributed by atoms with Crippen LogP contribution in [-0.2, 0) is 0 Å². The second-order valence-corrected chi connectivity index (χ2v) is 7.41. The molecular formula is C22H21N3O4. The summed E-state index contributed by atoms with van der Waals surface area (Å²) in [6.07, 6.45) is 1.61. The molecule has 5 rings (SSSR count). The third-order valence-electron chi connectivity index (χ3n) is 5.58. The summed E-state index contributed by atoms with van der Waals surface area (Å²) in [7, 11) is 0. The average molecular weight is 391 g/mol. The number of aromatic nitrogens is 2. The second kappa shape index (κ2) is 7.24. The van der Waals surface area contributed by atoms with Gasteiger partial charge in [0.05, 0.1) is 0 Å². The van der Waals surface area contributed by atoms with Gasteiger partial charge in [0.15, 0.2) is 11.5 Å². The van der Waals surface area contributed by atoms with Crippen LogP contribution in [0.25, 0.3) is 11.4 Å². The molecule has 1 aromatic heterocycles. The van der Waals surface area contributed by atoms with Crippen molar-refractivity contribution < 1.29 is 18.8 Å². The van der Waals surface area contributed by atoms with Crippen LogP contribution in [0.15, 0.2) is 47.0 Å². The predicted octanol–water partition coefficient (Wildman–Crippen LogP) is 3.79. The normalized spacial score (nSPS) is 16.2. The molecule has 3 heterocycles. The number of fused-ring (bicyclic) bond motifs is 1. The zero-order chi connectivity index (χ0) is 19.8. The van der Waals surface area contributed by atoms with Gasteiger partial charge in [-0.3, -0.25) is 4.79 Å². The van der Waals surface area contributed by atoms with Gasteiger partial charge in [-0.15, -0.1) is 0 Å². The van der Waals surface area contributed by atoms with Crippen LogP contribution in [0, 0.1) is 6.92 Å². The van der Waals surface area contributed by atoms with Crippen molar-refractivity contribution in [2.24, 2.45) is 0 Å². The molecule has 148 valence electrons. The molecule has 29 heavy (non-hydrogen) atoms. The summed E-state index contributed by atoms with van der Waals surface area (Å²) in [5.74, 6) is 2.83. The van der Waals surface area contributed by atoms with Crippen molar-refractivity contribution in [2.45, 2.75) is 25.7 Å². The standard InChI is InChI=1S/C22H21N3O4/c1-14-4-2-3-5-17(14)22(26)25-10-8-15(9-11-25)21-23-20(24-29-21)16-6-7-18-19(12-16)28-13-27-18/h2-7,12,15H,8-11,13H2,1H3. The van der Waals surface area contributed by atoms with E-state index in [4.69, 9.17) is 14.0 Å². The summed E-state index contributed by atoms with van der Waals surface area (Å²) in [4.78, 5) is 19.3. The number of carbonyl (C=O) groups excluding carboxylic acids is 1. The van der Waals surface area contributed by atoms with Crippen LogP contribution in [0.5, 0.6) is 11.5 Å². The van der Waals surface area contributed by atoms with E-state index in [-0.39, 0.29) is 18.6 Å². The van der Waals surface area contributed by atoms with Gasteiger partial charge in [0, 0.05) is 30.1 Å². The smallest absolute Gasteiger partial charge is 0.254 e. The van der Waals surface area contributed by atoms with Crippen molar-refractivity contribution in [1.82, 2.24) is 15.0 Å². The number of aryl methyl sites for hydroxylation is 1. The fourth-order valence-corrected chi connectivity index (χ4v) is 3.87. The van der Waals surface area contributed by atoms with Gasteiger partial charge in [-0.2, -0.15) is 4.98 Å². The number of benzene rings is 2. The lowest BCUT2D eigenvalue weighted by molar-refractivity contribution is 0.0704. The minimum Gasteiger partial charge on any atom is -0.454 e. The molecule has 0 radical (unpaired) electrons. The molecule has 0 saturated carbocycles. The van der Waals surface area contributed by atoms with Gasteiger partial charge in [0.1, 0.15) is 0 Å². The van der Waals surface area contributed by atoms with Crippen molar-refractivity contribution in [1.29, 1.82) is 0 Å². The topological polar surface area (TPSA) is 77.7 Å². The lowest BCUT2D eigenvalue weighted by Crippen LogP contribution is -2.38. The molecule has 0 spiro atoms. The van der Waals surface area contributed by atoms with Crippen LogP contribution >= 0.6 is 0 Å². The molecule has 0 unspecified atom stereocenters. The largest absolute Gasteiger partial charge is 0.454 e. The number of piperidine rings is 1. The SMILES string of the molecule is Cc1ccccc1C(=O)N1CCC(c2nc(-c3ccc4c(c3)OCO4)no2)CC1. The van der Waals surface area contributed by atoms with Gasteiger partial charge >= 0.3 is 0 Å². The molecular weight excluding hydrogens is 370 g/mol. The Morgan fingerprint density at radius 1 is 1.07 bits per heavy atom. The Kier molecular flexibility index (Phi) is 4.42. The van der Waals surface area contributed by atoms with Crippen LogP contribution < -0.4 is 9.47 Å². The Bertz CT molecular complexity index is 1050. The predicted molar refractivity (Wildman–Crippen MR) is 105 cm³/mol. The van der Waals surface area contributed by atoms with Crippen LogP contribution in [0.2, 0.25) is 0 Å². The highest BCUT2D eigenvalue weighted by Gasteiger charge is 2.28. The van der Waals surface area contributed by atoms with Gasteiger partial charge in [0.25, 0.3) is 5.91 Å². The number of hydrogen-bond acceptors (Lipinski definition) is 6. The van der Waals surface area contributed by atoms with Crippen molar-refractivity contribution in [2.75, 3.05) is 19.9 Å². The molecule has 1 saturated heterocycles. The van der Waals surface area contributed by atoms with E-state index in [1.165, 1.54) is 0 Å². The quantitative estimate of drug-likeness (QED) is 0.676. The molecule has 1 amide bonds. The van der Waals surface area contributed by atoms with Crippen molar-refractivity contribution >= 4 is 5.91 Å². The Hall–Kier alpha value is -3.35. The molecule has 0 N–H and O–H groups in total. The van der Waals surface area contributed by atoms with Gasteiger partial charge in [-0.25, -0.2) is 0 Å². The Balaban J connectivity index is 1.26. The minimum absolute atomic E-state index is 0.0909. The van der Waals surface area contributed by atoms with Gasteiger partial charge in [-0.1, -0.05) is 23.4 Å². The lowest BCUT2D eigenvalue weighted by atomic mass is 9.96. The molecule has 0 aliphatic carbocycles. The number of likely N-dealkylation sites (tertiary alicyclic amines) is 1. The number of hydrogen-bond donors (Lipinski definition) is 0. The van der Waals surface area contributed by atoms with E-state index >= 15 is 0 Å². The second-order valence-electron chi connectivity index (χ2n) is 7.41. The van der Waals surface area contributed by atoms with E-state index in [9.17, 15) is 4.79 Å². The first-order valence-electron chi connectivity index (χ1n) is 9.77. The summed E-state index contributed by atoms with van der Waals surface area (Å²) in [6, 6.07) is 13.3. The Morgan fingerprint density at radius 3 is 2.69 bits per heavy atom. The highest BCUT2D eigenvalue weighted by molar-refractivity contribution is 5.95. The first kappa shape index (κ1) is 17.7. The summed E-state index contributed by atoms with van der Waals surface area (Å²) in [6.45, 7) is 3.56. The zero-order valence-electron chi connectivity index (χ0n) is 16.1. The molecule has 2 aromatic carbocycles. The maximum Gasteiger partial charge on any atom is 0.254 e. The Labute approximate surface area is 168 Å². The summed E-state index contributed by atoms with van der Waals surface area (Å²) >= 11 is 0. The third-order valence-corrected chi connectivity index (χ3v) is 5.58. The minimum atomic E-state index is 0.0909. The summed E-state index contributed by atoms with van der Waals surface area (Å²) in [5.41, 5.74) is 2.61. The number of amides is 1. The van der Waals surface area contributed by atoms with E-state index < -0.39 is 0 Å². The molecule has 1 fully saturated rings. The van der Waals surface area contributed by atoms with E-state index in [2.05, 4.69) is 10.1 Å². The van der Waals surface area contributed by atoms with Crippen molar-refractivity contribution in [3.63, 3.8) is 0 Å². The van der Waals surface area contributed by atoms with Crippen LogP contribution in [0.3, 0.4) is 0 Å². The average Bonchev–Trinajstić information content (AvgIpc) is 3.43. The Morgan fingerprint density at radius 2 is 1.86 bits per heavy atom. The third kappa shape index (κ3) is 3.33. The highest BCUT2D eigenvalue weighted by Crippen LogP contribution is 2.36. The summed E-state index contributed by atoms with van der Waals surface area (Å²) < 4.78 is 16.3. The molecule has 2 aliphatic rings. The van der Waals surface area contributed by atoms with Crippen LogP contribution in [-0.4, -0.2) is 40.8 Å². The monoisotopic (exact) mass is 391 g/mol. The number of nitrogens with zero attached hydrogens (tertiary/aromatic N) is 3. The van der Waals surface area contributed by atoms with E-state index in [1.54, 1.807) is 0 Å². The maximum absolute atomic E-state index is 12.8. The highest BCUT2D eigenvalue weighted by atomic mass is 16.7. The molecule has 0 bridgehead atoms. The van der Waals surface area contributed by atoms with Gasteiger partial charge in [-0.05, 0) is 49.6 Å². The molecule has 2 aliphatic heterocycles. The van der Waals surface area contributed by atoms with E-state index in [0.29, 0.717) is 30.6 Å². The number of rotatable bonds is 3. The van der Waals surface area contributed by atoms with Gasteiger partial charge in [0.2, 0.25) is 18.5 Å². The maximum atomic E-state index is 12.8. The lowest BCUT2D eigenvalue weighted by Gasteiger charge is -2.30. The van der Waals surface area contributed by atoms with E-state index in [1.807, 2.05) is 54.3 Å². The number of carbonyl (C=O) groups is 1. The first-order valence-corrected chi connectivity index (χ1v) is 9.77. The molecule has 3 aromatic rings. The van der Waals surface area contributed by atoms with Gasteiger partial charge < -0.3 is 18.9 Å². The molecule has 0 atom stereocenters. The van der Waals surface area contributed by atoms with Crippen molar-refractivity contribution in [3.05, 3.63) is 59.5 Å². The fraction of sp³-hybridized carbons (Fsp3) is 0.318. The zero-order valence-corrected chi connectivity index (χ0v) is 16.1. The van der Waals surface area contributed by atoms with E-state index in [0.717, 1.165) is 35.3 Å². The number of ether oxygens (including phenoxy) is 2. The van der Waals surface area contributed by atoms with Crippen molar-refractivity contribution in [3.8, 4) is 22.9 Å². The molecule has 7 nitrogen and oxygen atoms in total. The van der Waals surface area contributed by atoms with Crippen LogP contribution in [0.4, 0.5) is 0 Å². The first-order chi connectivity index (χ1) is 14.2. The van der Waals surface area contributed by atoms with Crippen LogP contribution in [0.1, 0.15) is 40.6 Å².